The molecule has 0 aliphatic carbocycles. The Kier molecular flexibility index (Phi) is 6.28. The molecule has 0 aromatic heterocycles. The fourth-order valence-corrected chi connectivity index (χ4v) is 0.916. The Bertz CT molecular complexity index is 169. The van der Waals surface area contributed by atoms with Crippen molar-refractivity contribution in [2.45, 2.75) is 39.7 Å². The van der Waals surface area contributed by atoms with Crippen molar-refractivity contribution in [3.05, 3.63) is 0 Å². The first-order valence-electron chi connectivity index (χ1n) is 5.24. The summed E-state index contributed by atoms with van der Waals surface area (Å²) in [5, 5.41) is 6.42. The lowest BCUT2D eigenvalue weighted by molar-refractivity contribution is 0.428. The van der Waals surface area contributed by atoms with Gasteiger partial charge in [-0.2, -0.15) is 0 Å². The van der Waals surface area contributed by atoms with Gasteiger partial charge in [0.1, 0.15) is 0 Å². The molecule has 4 N–H and O–H groups in total. The van der Waals surface area contributed by atoms with Crippen LogP contribution in [-0.2, 0) is 0 Å². The van der Waals surface area contributed by atoms with E-state index in [2.05, 4.69) is 43.3 Å². The van der Waals surface area contributed by atoms with Crippen molar-refractivity contribution in [1.82, 2.24) is 10.6 Å². The molecule has 0 radical (unpaired) electrons. The zero-order chi connectivity index (χ0) is 11.0. The molecule has 0 aliphatic heterocycles. The third-order valence-corrected chi connectivity index (χ3v) is 1.59. The molecule has 0 amide bonds. The van der Waals surface area contributed by atoms with Crippen LogP contribution >= 0.6 is 0 Å². The van der Waals surface area contributed by atoms with Crippen molar-refractivity contribution < 1.29 is 0 Å². The summed E-state index contributed by atoms with van der Waals surface area (Å²) in [6.45, 7) is 11.0. The van der Waals surface area contributed by atoms with Crippen molar-refractivity contribution in [2.75, 3.05) is 19.6 Å². The molecule has 0 heterocycles. The van der Waals surface area contributed by atoms with Gasteiger partial charge in [0.25, 0.3) is 0 Å². The van der Waals surface area contributed by atoms with E-state index in [0.717, 1.165) is 26.1 Å². The first-order valence-corrected chi connectivity index (χ1v) is 5.24. The van der Waals surface area contributed by atoms with Gasteiger partial charge in [-0.15, -0.1) is 0 Å². The first kappa shape index (κ1) is 13.2. The lowest BCUT2D eigenvalue weighted by Crippen LogP contribution is -2.43. The Morgan fingerprint density at radius 1 is 1.29 bits per heavy atom. The van der Waals surface area contributed by atoms with E-state index in [9.17, 15) is 0 Å². The van der Waals surface area contributed by atoms with Crippen LogP contribution in [0.1, 0.15) is 34.1 Å². The Hall–Kier alpha value is -0.770. The quantitative estimate of drug-likeness (QED) is 0.347. The van der Waals surface area contributed by atoms with E-state index in [4.69, 9.17) is 5.73 Å². The molecule has 0 unspecified atom stereocenters. The van der Waals surface area contributed by atoms with Gasteiger partial charge in [-0.1, -0.05) is 6.92 Å². The molecule has 0 atom stereocenters. The number of rotatable bonds is 5. The molecular formula is C10H24N4. The van der Waals surface area contributed by atoms with Gasteiger partial charge in [-0.3, -0.25) is 4.99 Å². The van der Waals surface area contributed by atoms with E-state index in [1.165, 1.54) is 0 Å². The SMILES string of the molecule is CCCN=C(N)NCCNC(C)(C)C. The minimum atomic E-state index is 0.164. The highest BCUT2D eigenvalue weighted by atomic mass is 15.1. The lowest BCUT2D eigenvalue weighted by Gasteiger charge is -2.20. The van der Waals surface area contributed by atoms with E-state index in [-0.39, 0.29) is 5.54 Å². The summed E-state index contributed by atoms with van der Waals surface area (Å²) in [5.41, 5.74) is 5.78. The summed E-state index contributed by atoms with van der Waals surface area (Å²) < 4.78 is 0. The highest BCUT2D eigenvalue weighted by Crippen LogP contribution is 1.96. The molecule has 84 valence electrons. The zero-order valence-electron chi connectivity index (χ0n) is 9.85. The molecule has 0 aliphatic rings. The second-order valence-corrected chi connectivity index (χ2v) is 4.37. The van der Waals surface area contributed by atoms with Crippen LogP contribution in [-0.4, -0.2) is 31.1 Å². The van der Waals surface area contributed by atoms with Crippen LogP contribution < -0.4 is 16.4 Å². The standard InChI is InChI=1S/C10H24N4/c1-5-6-12-9(11)13-7-8-14-10(2,3)4/h14H,5-8H2,1-4H3,(H3,11,12,13). The van der Waals surface area contributed by atoms with Crippen LogP contribution in [0.15, 0.2) is 4.99 Å². The van der Waals surface area contributed by atoms with Crippen LogP contribution in [0.5, 0.6) is 0 Å². The number of nitrogens with one attached hydrogen (secondary N) is 2. The van der Waals surface area contributed by atoms with Gasteiger partial charge in [-0.25, -0.2) is 0 Å². The molecule has 4 nitrogen and oxygen atoms in total. The second-order valence-electron chi connectivity index (χ2n) is 4.37. The van der Waals surface area contributed by atoms with E-state index in [1.807, 2.05) is 0 Å². The normalized spacial score (nSPS) is 13.0. The molecule has 0 bridgehead atoms. The molecule has 0 aromatic carbocycles. The van der Waals surface area contributed by atoms with Gasteiger partial charge in [0.2, 0.25) is 0 Å². The summed E-state index contributed by atoms with van der Waals surface area (Å²) in [6, 6.07) is 0. The summed E-state index contributed by atoms with van der Waals surface area (Å²) >= 11 is 0. The van der Waals surface area contributed by atoms with Gasteiger partial charge in [0.15, 0.2) is 5.96 Å². The topological polar surface area (TPSA) is 62.4 Å². The number of guanidine groups is 1. The molecular weight excluding hydrogens is 176 g/mol. The first-order chi connectivity index (χ1) is 6.45. The summed E-state index contributed by atoms with van der Waals surface area (Å²) in [5.74, 6) is 0.544. The van der Waals surface area contributed by atoms with E-state index >= 15 is 0 Å². The fraction of sp³-hybridized carbons (Fsp3) is 0.900. The maximum absolute atomic E-state index is 5.62. The van der Waals surface area contributed by atoms with Gasteiger partial charge < -0.3 is 16.4 Å². The Morgan fingerprint density at radius 2 is 1.93 bits per heavy atom. The zero-order valence-corrected chi connectivity index (χ0v) is 9.85. The maximum atomic E-state index is 5.62. The number of nitrogens with two attached hydrogens (primary N) is 1. The summed E-state index contributed by atoms with van der Waals surface area (Å²) in [4.78, 5) is 4.13. The van der Waals surface area contributed by atoms with Crippen molar-refractivity contribution >= 4 is 5.96 Å². The van der Waals surface area contributed by atoms with Gasteiger partial charge in [-0.05, 0) is 27.2 Å². The molecule has 4 heteroatoms. The van der Waals surface area contributed by atoms with Crippen LogP contribution in [0.4, 0.5) is 0 Å². The maximum Gasteiger partial charge on any atom is 0.188 e. The number of aliphatic imine (C=N–C) groups is 1. The highest BCUT2D eigenvalue weighted by molar-refractivity contribution is 5.77. The van der Waals surface area contributed by atoms with Gasteiger partial charge >= 0.3 is 0 Å². The molecule has 0 rings (SSSR count). The fourth-order valence-electron chi connectivity index (χ4n) is 0.916. The van der Waals surface area contributed by atoms with E-state index in [1.54, 1.807) is 0 Å². The van der Waals surface area contributed by atoms with Crippen LogP contribution in [0.3, 0.4) is 0 Å². The van der Waals surface area contributed by atoms with Crippen molar-refractivity contribution in [2.24, 2.45) is 10.7 Å². The van der Waals surface area contributed by atoms with Crippen LogP contribution in [0.25, 0.3) is 0 Å². The second kappa shape index (κ2) is 6.65. The third kappa shape index (κ3) is 9.32. The lowest BCUT2D eigenvalue weighted by atomic mass is 10.1. The average molecular weight is 200 g/mol. The molecule has 0 fully saturated rings. The molecule has 0 spiro atoms. The predicted molar refractivity (Wildman–Crippen MR) is 62.5 cm³/mol. The van der Waals surface area contributed by atoms with Crippen molar-refractivity contribution in [3.63, 3.8) is 0 Å². The number of nitrogens with zero attached hydrogens (tertiary/aromatic N) is 1. The monoisotopic (exact) mass is 200 g/mol. The third-order valence-electron chi connectivity index (χ3n) is 1.59. The molecule has 0 saturated heterocycles. The Balaban J connectivity index is 3.45. The summed E-state index contributed by atoms with van der Waals surface area (Å²) in [6.07, 6.45) is 1.03. The van der Waals surface area contributed by atoms with Gasteiger partial charge in [0.05, 0.1) is 0 Å². The Morgan fingerprint density at radius 3 is 2.43 bits per heavy atom. The molecule has 0 aromatic rings. The predicted octanol–water partition coefficient (Wildman–Crippen LogP) is 0.689. The highest BCUT2D eigenvalue weighted by Gasteiger charge is 2.06. The minimum Gasteiger partial charge on any atom is -0.370 e. The molecule has 0 saturated carbocycles. The van der Waals surface area contributed by atoms with E-state index in [0.29, 0.717) is 5.96 Å². The van der Waals surface area contributed by atoms with Gasteiger partial charge in [0, 0.05) is 25.2 Å². The molecule has 14 heavy (non-hydrogen) atoms. The minimum absolute atomic E-state index is 0.164. The van der Waals surface area contributed by atoms with E-state index < -0.39 is 0 Å². The van der Waals surface area contributed by atoms with Crippen LogP contribution in [0.2, 0.25) is 0 Å². The number of hydrogen-bond acceptors (Lipinski definition) is 2. The number of hydrogen-bond donors (Lipinski definition) is 3. The van der Waals surface area contributed by atoms with Crippen molar-refractivity contribution in [1.29, 1.82) is 0 Å². The smallest absolute Gasteiger partial charge is 0.188 e. The summed E-state index contributed by atoms with van der Waals surface area (Å²) in [7, 11) is 0. The largest absolute Gasteiger partial charge is 0.370 e. The average Bonchev–Trinajstić information content (AvgIpc) is 2.07. The van der Waals surface area contributed by atoms with Crippen LogP contribution in [0, 0.1) is 0 Å². The van der Waals surface area contributed by atoms with Crippen molar-refractivity contribution in [3.8, 4) is 0 Å². The Labute approximate surface area is 87.4 Å².